The Bertz CT molecular complexity index is 598. The fourth-order valence-corrected chi connectivity index (χ4v) is 2.80. The Morgan fingerprint density at radius 2 is 2.21 bits per heavy atom. The van der Waals surface area contributed by atoms with E-state index in [0.717, 1.165) is 33.7 Å². The van der Waals surface area contributed by atoms with Crippen molar-refractivity contribution >= 4 is 11.8 Å². The van der Waals surface area contributed by atoms with Gasteiger partial charge < -0.3 is 19.1 Å². The fourth-order valence-electron chi connectivity index (χ4n) is 1.89. The van der Waals surface area contributed by atoms with E-state index in [1.54, 1.807) is 18.0 Å². The van der Waals surface area contributed by atoms with Crippen molar-refractivity contribution in [3.8, 4) is 11.5 Å². The molecule has 1 aliphatic rings. The molecule has 0 fully saturated rings. The Balaban J connectivity index is 1.70. The van der Waals surface area contributed by atoms with Crippen LogP contribution in [-0.2, 0) is 19.4 Å². The Morgan fingerprint density at radius 3 is 3.00 bits per heavy atom. The normalized spacial score (nSPS) is 12.9. The molecule has 0 atom stereocenters. The average molecular weight is 278 g/mol. The number of aliphatic hydroxyl groups excluding tert-OH is 1. The lowest BCUT2D eigenvalue weighted by molar-refractivity contribution is 0.174. The van der Waals surface area contributed by atoms with Gasteiger partial charge in [-0.25, -0.2) is 4.98 Å². The Kier molecular flexibility index (Phi) is 3.35. The van der Waals surface area contributed by atoms with Crippen molar-refractivity contribution in [3.05, 3.63) is 35.7 Å². The number of hydrogen-bond donors (Lipinski definition) is 1. The molecular weight excluding hydrogens is 264 g/mol. The first kappa shape index (κ1) is 12.4. The minimum Gasteiger partial charge on any atom is -0.454 e. The van der Waals surface area contributed by atoms with E-state index in [-0.39, 0.29) is 6.61 Å². The number of nitrogens with zero attached hydrogens (tertiary/aromatic N) is 2. The maximum atomic E-state index is 9.12. The number of benzene rings is 1. The quantitative estimate of drug-likeness (QED) is 0.866. The summed E-state index contributed by atoms with van der Waals surface area (Å²) in [5, 5.41) is 10.0. The first-order valence-corrected chi connectivity index (χ1v) is 6.89. The van der Waals surface area contributed by atoms with Crippen LogP contribution in [0.25, 0.3) is 0 Å². The lowest BCUT2D eigenvalue weighted by Crippen LogP contribution is -1.97. The third-order valence-corrected chi connectivity index (χ3v) is 4.12. The van der Waals surface area contributed by atoms with Crippen molar-refractivity contribution in [1.82, 2.24) is 9.55 Å². The van der Waals surface area contributed by atoms with Gasteiger partial charge in [0.2, 0.25) is 6.79 Å². The van der Waals surface area contributed by atoms with Gasteiger partial charge in [-0.05, 0) is 17.7 Å². The average Bonchev–Trinajstić information content (AvgIpc) is 3.02. The van der Waals surface area contributed by atoms with Crippen LogP contribution in [0.3, 0.4) is 0 Å². The molecule has 100 valence electrons. The summed E-state index contributed by atoms with van der Waals surface area (Å²) in [6, 6.07) is 5.94. The van der Waals surface area contributed by atoms with Crippen LogP contribution in [0, 0.1) is 0 Å². The second kappa shape index (κ2) is 5.14. The van der Waals surface area contributed by atoms with Gasteiger partial charge in [-0.1, -0.05) is 17.8 Å². The molecule has 2 heterocycles. The minimum absolute atomic E-state index is 0.00802. The predicted octanol–water partition coefficient (Wildman–Crippen LogP) is 1.93. The van der Waals surface area contributed by atoms with Crippen molar-refractivity contribution in [3.63, 3.8) is 0 Å². The van der Waals surface area contributed by atoms with E-state index in [4.69, 9.17) is 14.6 Å². The van der Waals surface area contributed by atoms with Gasteiger partial charge in [0.15, 0.2) is 16.7 Å². The largest absolute Gasteiger partial charge is 0.454 e. The zero-order valence-corrected chi connectivity index (χ0v) is 11.3. The Hall–Kier alpha value is -1.66. The number of ether oxygens (including phenoxy) is 2. The number of fused-ring (bicyclic) bond motifs is 1. The molecule has 1 aliphatic heterocycles. The second-order valence-corrected chi connectivity index (χ2v) is 5.17. The zero-order chi connectivity index (χ0) is 13.2. The van der Waals surface area contributed by atoms with Gasteiger partial charge in [-0.2, -0.15) is 0 Å². The zero-order valence-electron chi connectivity index (χ0n) is 10.5. The molecule has 3 rings (SSSR count). The lowest BCUT2D eigenvalue weighted by atomic mass is 10.2. The molecule has 0 radical (unpaired) electrons. The van der Waals surface area contributed by atoms with Crippen LogP contribution in [0.1, 0.15) is 11.3 Å². The van der Waals surface area contributed by atoms with Crippen molar-refractivity contribution in [2.45, 2.75) is 17.5 Å². The van der Waals surface area contributed by atoms with E-state index >= 15 is 0 Å². The van der Waals surface area contributed by atoms with Crippen LogP contribution < -0.4 is 9.47 Å². The van der Waals surface area contributed by atoms with Gasteiger partial charge in [-0.15, -0.1) is 0 Å². The molecule has 0 saturated heterocycles. The highest BCUT2D eigenvalue weighted by atomic mass is 32.2. The van der Waals surface area contributed by atoms with E-state index in [1.807, 2.05) is 29.8 Å². The van der Waals surface area contributed by atoms with Gasteiger partial charge in [0.1, 0.15) is 0 Å². The second-order valence-electron chi connectivity index (χ2n) is 4.23. The highest BCUT2D eigenvalue weighted by molar-refractivity contribution is 7.98. The number of imidazole rings is 1. The number of thioether (sulfide) groups is 1. The van der Waals surface area contributed by atoms with Gasteiger partial charge in [0, 0.05) is 12.8 Å². The van der Waals surface area contributed by atoms with Gasteiger partial charge in [0.25, 0.3) is 0 Å². The van der Waals surface area contributed by atoms with Crippen molar-refractivity contribution < 1.29 is 14.6 Å². The monoisotopic (exact) mass is 278 g/mol. The first-order valence-electron chi connectivity index (χ1n) is 5.90. The van der Waals surface area contributed by atoms with Crippen LogP contribution in [0.4, 0.5) is 0 Å². The van der Waals surface area contributed by atoms with Crippen molar-refractivity contribution in [2.24, 2.45) is 7.05 Å². The number of hydrogen-bond acceptors (Lipinski definition) is 5. The molecule has 1 aromatic heterocycles. The van der Waals surface area contributed by atoms with Crippen LogP contribution in [0.5, 0.6) is 11.5 Å². The molecule has 0 bridgehead atoms. The highest BCUT2D eigenvalue weighted by Crippen LogP contribution is 2.34. The third kappa shape index (κ3) is 2.41. The summed E-state index contributed by atoms with van der Waals surface area (Å²) in [6.45, 7) is 0.305. The van der Waals surface area contributed by atoms with Gasteiger partial charge in [-0.3, -0.25) is 0 Å². The summed E-state index contributed by atoms with van der Waals surface area (Å²) < 4.78 is 12.5. The van der Waals surface area contributed by atoms with E-state index in [9.17, 15) is 0 Å². The first-order chi connectivity index (χ1) is 9.28. The smallest absolute Gasteiger partial charge is 0.231 e. The molecule has 1 aromatic carbocycles. The van der Waals surface area contributed by atoms with Crippen molar-refractivity contribution in [1.29, 1.82) is 0 Å². The van der Waals surface area contributed by atoms with E-state index in [0.29, 0.717) is 6.79 Å². The molecule has 2 aromatic rings. The lowest BCUT2D eigenvalue weighted by Gasteiger charge is -2.05. The van der Waals surface area contributed by atoms with E-state index in [2.05, 4.69) is 4.98 Å². The molecule has 0 spiro atoms. The maximum Gasteiger partial charge on any atom is 0.231 e. The molecule has 0 unspecified atom stereocenters. The summed E-state index contributed by atoms with van der Waals surface area (Å²) >= 11 is 1.63. The molecule has 0 amide bonds. The SMILES string of the molecule is Cn1c(CO)cnc1SCc1ccc2c(c1)OCO2. The number of aromatic nitrogens is 2. The standard InChI is InChI=1S/C13H14N2O3S/c1-15-10(6-16)5-14-13(15)19-7-9-2-3-11-12(4-9)18-8-17-11/h2-5,16H,6-8H2,1H3. The summed E-state index contributed by atoms with van der Waals surface area (Å²) in [6.07, 6.45) is 1.70. The molecule has 5 nitrogen and oxygen atoms in total. The molecule has 19 heavy (non-hydrogen) atoms. The van der Waals surface area contributed by atoms with E-state index < -0.39 is 0 Å². The van der Waals surface area contributed by atoms with Crippen molar-refractivity contribution in [2.75, 3.05) is 6.79 Å². The van der Waals surface area contributed by atoms with Crippen LogP contribution in [0.2, 0.25) is 0 Å². The highest BCUT2D eigenvalue weighted by Gasteiger charge is 2.13. The molecule has 0 saturated carbocycles. The number of aliphatic hydroxyl groups is 1. The van der Waals surface area contributed by atoms with Gasteiger partial charge >= 0.3 is 0 Å². The summed E-state index contributed by atoms with van der Waals surface area (Å²) in [5.74, 6) is 2.40. The molecule has 0 aliphatic carbocycles. The molecule has 6 heteroatoms. The van der Waals surface area contributed by atoms with Crippen LogP contribution >= 0.6 is 11.8 Å². The van der Waals surface area contributed by atoms with E-state index in [1.165, 1.54) is 0 Å². The fraction of sp³-hybridized carbons (Fsp3) is 0.308. The summed E-state index contributed by atoms with van der Waals surface area (Å²) in [5.41, 5.74) is 1.97. The number of rotatable bonds is 4. The summed E-state index contributed by atoms with van der Waals surface area (Å²) in [4.78, 5) is 4.28. The van der Waals surface area contributed by atoms with Gasteiger partial charge in [0.05, 0.1) is 18.5 Å². The predicted molar refractivity (Wildman–Crippen MR) is 71.3 cm³/mol. The molecular formula is C13H14N2O3S. The topological polar surface area (TPSA) is 56.5 Å². The minimum atomic E-state index is 0.00802. The summed E-state index contributed by atoms with van der Waals surface area (Å²) in [7, 11) is 1.90. The third-order valence-electron chi connectivity index (χ3n) is 3.01. The Labute approximate surface area is 115 Å². The molecule has 1 N–H and O–H groups in total. The Morgan fingerprint density at radius 1 is 1.37 bits per heavy atom. The van der Waals surface area contributed by atoms with Crippen LogP contribution in [0.15, 0.2) is 29.6 Å². The van der Waals surface area contributed by atoms with Crippen LogP contribution in [-0.4, -0.2) is 21.5 Å². The maximum absolute atomic E-state index is 9.12.